The largest absolute Gasteiger partial charge is 0.311 e. The van der Waals surface area contributed by atoms with Gasteiger partial charge in [-0.1, -0.05) is 291 Å². The van der Waals surface area contributed by atoms with Crippen LogP contribution in [0.1, 0.15) is 22.6 Å². The van der Waals surface area contributed by atoms with Gasteiger partial charge in [-0.2, -0.15) is 0 Å². The van der Waals surface area contributed by atoms with Crippen LogP contribution in [-0.2, 0) is 0 Å². The van der Waals surface area contributed by atoms with E-state index >= 15 is 0 Å². The number of rotatable bonds is 10. The van der Waals surface area contributed by atoms with Crippen LogP contribution in [0.2, 0.25) is 0 Å². The maximum atomic E-state index is 2.44. The number of aromatic nitrogens is 2. The summed E-state index contributed by atoms with van der Waals surface area (Å²) in [5.41, 5.74) is 32.5. The molecule has 0 amide bonds. The number of anilines is 3. The van der Waals surface area contributed by atoms with Crippen LogP contribution < -0.4 is 4.90 Å². The van der Waals surface area contributed by atoms with Crippen molar-refractivity contribution < 1.29 is 0 Å². The van der Waals surface area contributed by atoms with E-state index in [9.17, 15) is 0 Å². The van der Waals surface area contributed by atoms with Crippen LogP contribution in [0.4, 0.5) is 17.1 Å². The van der Waals surface area contributed by atoms with Crippen molar-refractivity contribution >= 4 is 93.3 Å². The summed E-state index contributed by atoms with van der Waals surface area (Å²) >= 11 is 0. The fraction of sp³-hybridized carbons (Fsp3) is 0.0103. The van der Waals surface area contributed by atoms with E-state index in [1.54, 1.807) is 0 Å². The third-order valence-electron chi connectivity index (χ3n) is 21.2. The van der Waals surface area contributed by atoms with Crippen molar-refractivity contribution in [1.29, 1.82) is 0 Å². The number of hydrogen-bond acceptors (Lipinski definition) is 1. The smallest absolute Gasteiger partial charge is 0.0620 e. The molecule has 20 aromatic rings. The van der Waals surface area contributed by atoms with Gasteiger partial charge in [0, 0.05) is 66.1 Å². The van der Waals surface area contributed by atoms with Crippen LogP contribution in [0.15, 0.2) is 376 Å². The lowest BCUT2D eigenvalue weighted by atomic mass is 9.88. The Bertz CT molecular complexity index is 5950. The molecule has 21 rings (SSSR count). The van der Waals surface area contributed by atoms with Crippen LogP contribution >= 0.6 is 0 Å². The Labute approximate surface area is 579 Å². The van der Waals surface area contributed by atoms with Crippen molar-refractivity contribution in [3.8, 4) is 77.9 Å². The first-order valence-corrected chi connectivity index (χ1v) is 34.7. The molecule has 0 atom stereocenters. The van der Waals surface area contributed by atoms with Gasteiger partial charge in [-0.05, 0) is 180 Å². The molecule has 466 valence electrons. The van der Waals surface area contributed by atoms with Gasteiger partial charge in [0.1, 0.15) is 0 Å². The third-order valence-corrected chi connectivity index (χ3v) is 21.2. The molecule has 3 heteroatoms. The second-order valence-corrected chi connectivity index (χ2v) is 26.7. The molecule has 0 radical (unpaired) electrons. The average Bonchev–Trinajstić information content (AvgIpc) is 1.57. The molecular weight excluding hydrogens is 1210 g/mol. The number of fused-ring (bicyclic) bond motifs is 15. The van der Waals surface area contributed by atoms with E-state index in [-0.39, 0.29) is 5.92 Å². The normalized spacial score (nSPS) is 12.2. The molecule has 0 fully saturated rings. The zero-order chi connectivity index (χ0) is 65.8. The van der Waals surface area contributed by atoms with E-state index < -0.39 is 0 Å². The predicted octanol–water partition coefficient (Wildman–Crippen LogP) is 26.3. The van der Waals surface area contributed by atoms with Gasteiger partial charge in [0.25, 0.3) is 0 Å². The maximum Gasteiger partial charge on any atom is 0.0620 e. The first-order valence-electron chi connectivity index (χ1n) is 34.7. The Morgan fingerprint density at radius 2 is 0.430 bits per heavy atom. The minimum atomic E-state index is 0.264. The van der Waals surface area contributed by atoms with E-state index in [2.05, 4.69) is 390 Å². The Morgan fingerprint density at radius 1 is 0.190 bits per heavy atom. The van der Waals surface area contributed by atoms with E-state index in [4.69, 9.17) is 0 Å². The van der Waals surface area contributed by atoms with Crippen molar-refractivity contribution in [3.05, 3.63) is 393 Å². The molecule has 16 aromatic carbocycles. The minimum absolute atomic E-state index is 0.264. The first-order chi connectivity index (χ1) is 49.6. The highest BCUT2D eigenvalue weighted by Gasteiger charge is 2.30. The molecule has 1 aliphatic carbocycles. The predicted molar refractivity (Wildman–Crippen MR) is 422 cm³/mol. The highest BCUT2D eigenvalue weighted by atomic mass is 15.1. The average molecular weight is 1270 g/mol. The zero-order valence-electron chi connectivity index (χ0n) is 54.7. The van der Waals surface area contributed by atoms with Gasteiger partial charge in [0.15, 0.2) is 0 Å². The molecule has 1 aliphatic rings. The topological polar surface area (TPSA) is 12.1 Å². The van der Waals surface area contributed by atoms with E-state index in [0.717, 1.165) is 17.1 Å². The van der Waals surface area contributed by atoms with Crippen LogP contribution in [-0.4, -0.2) is 8.80 Å². The number of nitrogens with zero attached hydrogens (tertiary/aromatic N) is 3. The van der Waals surface area contributed by atoms with E-state index in [1.807, 2.05) is 0 Å². The fourth-order valence-corrected chi connectivity index (χ4v) is 16.4. The van der Waals surface area contributed by atoms with Crippen molar-refractivity contribution in [2.24, 2.45) is 0 Å². The standard InChI is InChI=1S/C55H39N.C42H24N2/c1-3-11-39(12-4-1)44-27-33-48(34-28-44)56(49-35-29-45(30-36-49)40-13-5-2-6-14-40)50-37-31-46(32-38-50)42-21-19-41(20-22-42)43-23-25-47(26-24-43)55-53-17-9-7-15-51(53)52-16-8-10-18-54(52)55;1-5-13-37-29(9-1)33-21-27(22-34-30-10-2-6-14-38(30)43(37)41(33)34)25-17-19-26(20-18-25)28-23-35-31-11-3-7-15-39(31)44-40-16-8-4-12-32(40)36(24-28)42(35)44/h1-38,55H;1-24H. The molecule has 0 aliphatic heterocycles. The first kappa shape index (κ1) is 57.2. The quantitative estimate of drug-likeness (QED) is 0.133. The van der Waals surface area contributed by atoms with Crippen LogP contribution in [0, 0.1) is 0 Å². The van der Waals surface area contributed by atoms with Crippen molar-refractivity contribution in [2.75, 3.05) is 4.90 Å². The lowest BCUT2D eigenvalue weighted by Crippen LogP contribution is -2.09. The Hall–Kier alpha value is -13.1. The summed E-state index contributed by atoms with van der Waals surface area (Å²) in [4.78, 5) is 2.34. The van der Waals surface area contributed by atoms with E-state index in [0.29, 0.717) is 0 Å². The van der Waals surface area contributed by atoms with Crippen molar-refractivity contribution in [1.82, 2.24) is 8.80 Å². The van der Waals surface area contributed by atoms with Crippen LogP contribution in [0.3, 0.4) is 0 Å². The number of hydrogen-bond donors (Lipinski definition) is 0. The second kappa shape index (κ2) is 23.3. The van der Waals surface area contributed by atoms with Gasteiger partial charge in [0.05, 0.1) is 33.1 Å². The lowest BCUT2D eigenvalue weighted by Gasteiger charge is -2.26. The summed E-state index contributed by atoms with van der Waals surface area (Å²) in [5.74, 6) is 0.264. The van der Waals surface area contributed by atoms with Gasteiger partial charge in [-0.15, -0.1) is 0 Å². The van der Waals surface area contributed by atoms with Gasteiger partial charge in [-0.3, -0.25) is 0 Å². The molecule has 0 saturated carbocycles. The van der Waals surface area contributed by atoms with Gasteiger partial charge in [0.2, 0.25) is 0 Å². The minimum Gasteiger partial charge on any atom is -0.311 e. The van der Waals surface area contributed by atoms with Gasteiger partial charge in [-0.25, -0.2) is 0 Å². The summed E-state index contributed by atoms with van der Waals surface area (Å²) in [7, 11) is 0. The third kappa shape index (κ3) is 9.35. The summed E-state index contributed by atoms with van der Waals surface area (Å²) in [6.45, 7) is 0. The molecule has 0 spiro atoms. The number of para-hydroxylation sites is 4. The Balaban J connectivity index is 0.000000138. The summed E-state index contributed by atoms with van der Waals surface area (Å²) in [6, 6.07) is 138. The van der Waals surface area contributed by atoms with Crippen LogP contribution in [0.5, 0.6) is 0 Å². The van der Waals surface area contributed by atoms with Crippen molar-refractivity contribution in [2.45, 2.75) is 5.92 Å². The molecule has 0 bridgehead atoms. The Kier molecular flexibility index (Phi) is 13.4. The van der Waals surface area contributed by atoms with Crippen molar-refractivity contribution in [3.63, 3.8) is 0 Å². The molecule has 0 saturated heterocycles. The molecule has 4 heterocycles. The fourth-order valence-electron chi connectivity index (χ4n) is 16.4. The zero-order valence-corrected chi connectivity index (χ0v) is 54.7. The molecule has 4 aromatic heterocycles. The molecule has 3 nitrogen and oxygen atoms in total. The maximum absolute atomic E-state index is 2.44. The monoisotopic (exact) mass is 1270 g/mol. The SMILES string of the molecule is c1ccc(-c2ccc(N(c3ccc(-c4ccccc4)cc3)c3ccc(-c4ccc(-c5ccc(C6c7ccccc7-c7ccccc76)cc5)cc4)cc3)cc2)cc1.c1ccc2c(c1)c1cc(-c3ccc(-c4cc5c6ccccc6n6c7ccccc7c(c4)c56)cc3)cc3c4ccccc4n2c13. The summed E-state index contributed by atoms with van der Waals surface area (Å²) in [6.07, 6.45) is 0. The number of benzene rings is 16. The van der Waals surface area contributed by atoms with E-state index in [1.165, 1.54) is 171 Å². The van der Waals surface area contributed by atoms with Gasteiger partial charge >= 0.3 is 0 Å². The summed E-state index contributed by atoms with van der Waals surface area (Å²) in [5, 5.41) is 10.5. The molecular formula is C97H63N3. The van der Waals surface area contributed by atoms with Crippen LogP contribution in [0.25, 0.3) is 154 Å². The molecule has 100 heavy (non-hydrogen) atoms. The highest BCUT2D eigenvalue weighted by molar-refractivity contribution is 6.26. The second-order valence-electron chi connectivity index (χ2n) is 26.7. The highest BCUT2D eigenvalue weighted by Crippen LogP contribution is 2.49. The molecule has 0 unspecified atom stereocenters. The molecule has 0 N–H and O–H groups in total. The Morgan fingerprint density at radius 3 is 0.750 bits per heavy atom. The van der Waals surface area contributed by atoms with Gasteiger partial charge < -0.3 is 13.7 Å². The lowest BCUT2D eigenvalue weighted by molar-refractivity contribution is 1.02. The summed E-state index contributed by atoms with van der Waals surface area (Å²) < 4.78 is 4.88.